The molecule has 56 heavy (non-hydrogen) atoms. The molecule has 0 spiro atoms. The Morgan fingerprint density at radius 1 is 0.839 bits per heavy atom. The number of rotatable bonds is 8. The van der Waals surface area contributed by atoms with Gasteiger partial charge >= 0.3 is 0 Å². The maximum Gasteiger partial charge on any atom is 0.262 e. The standard InChI is InChI=1S/C41H44N10O5/c42-37-35-36(24-6-9-30(10-7-24)56-29-4-2-1-3-5-29)46-51(38(35)44-23-43-37)25-14-16-47(17-15-25)27-19-49(20-27)28-21-48(22-28)26-8-11-31-32(18-26)41(55)50(40(31)54)33-12-13-34(52)45-39(33)53/h1-2,4,6-11,18,23,25,27-28,33-34,52H,3,5,12-17,19-22H2,(H,45,53)(H2,42,43,44)/t33-,34?/m1/s1. The van der Waals surface area contributed by atoms with E-state index in [4.69, 9.17) is 15.6 Å². The minimum atomic E-state index is -0.952. The van der Waals surface area contributed by atoms with Gasteiger partial charge in [0.05, 0.1) is 22.6 Å². The number of amides is 3. The normalized spacial score (nSPS) is 23.9. The maximum atomic E-state index is 13.3. The zero-order chi connectivity index (χ0) is 38.1. The zero-order valence-corrected chi connectivity index (χ0v) is 31.0. The van der Waals surface area contributed by atoms with Crippen LogP contribution in [0.15, 0.2) is 72.8 Å². The average molecular weight is 757 g/mol. The quantitative estimate of drug-likeness (QED) is 0.225. The predicted octanol–water partition coefficient (Wildman–Crippen LogP) is 3.09. The summed E-state index contributed by atoms with van der Waals surface area (Å²) in [5.41, 5.74) is 10.5. The summed E-state index contributed by atoms with van der Waals surface area (Å²) in [6.45, 7) is 5.73. The van der Waals surface area contributed by atoms with Crippen molar-refractivity contribution < 1.29 is 24.2 Å². The Labute approximate surface area is 323 Å². The number of carbonyl (C=O) groups is 3. The Bertz CT molecular complexity index is 2290. The van der Waals surface area contributed by atoms with Crippen LogP contribution in [0, 0.1) is 0 Å². The fourth-order valence-electron chi connectivity index (χ4n) is 9.11. The molecule has 15 nitrogen and oxygen atoms in total. The van der Waals surface area contributed by atoms with Gasteiger partial charge in [0.15, 0.2) is 5.65 Å². The Kier molecular flexibility index (Phi) is 8.60. The van der Waals surface area contributed by atoms with Gasteiger partial charge < -0.3 is 25.8 Å². The lowest BCUT2D eigenvalue weighted by Crippen LogP contribution is -2.70. The number of nitrogen functional groups attached to an aromatic ring is 1. The highest BCUT2D eigenvalue weighted by Gasteiger charge is 2.46. The molecule has 4 N–H and O–H groups in total. The third-order valence-electron chi connectivity index (χ3n) is 12.4. The summed E-state index contributed by atoms with van der Waals surface area (Å²) in [6.07, 6.45) is 11.1. The van der Waals surface area contributed by atoms with E-state index in [0.29, 0.717) is 35.4 Å². The maximum absolute atomic E-state index is 13.3. The number of nitrogens with two attached hydrogens (primary N) is 1. The van der Waals surface area contributed by atoms with Gasteiger partial charge in [-0.15, -0.1) is 0 Å². The molecular weight excluding hydrogens is 713 g/mol. The van der Waals surface area contributed by atoms with Crippen LogP contribution in [-0.2, 0) is 4.79 Å². The monoisotopic (exact) mass is 756 g/mol. The second kappa shape index (κ2) is 13.8. The highest BCUT2D eigenvalue weighted by molar-refractivity contribution is 6.23. The van der Waals surface area contributed by atoms with E-state index in [1.807, 2.05) is 42.5 Å². The van der Waals surface area contributed by atoms with Gasteiger partial charge in [-0.1, -0.05) is 12.2 Å². The summed E-state index contributed by atoms with van der Waals surface area (Å²) < 4.78 is 8.15. The van der Waals surface area contributed by atoms with Crippen LogP contribution in [0.1, 0.15) is 65.3 Å². The molecule has 10 rings (SSSR count). The average Bonchev–Trinajstić information content (AvgIpc) is 3.68. The molecule has 2 atom stereocenters. The molecule has 6 aliphatic rings. The van der Waals surface area contributed by atoms with Crippen molar-refractivity contribution in [3.8, 4) is 17.0 Å². The van der Waals surface area contributed by atoms with Crippen molar-refractivity contribution in [2.75, 3.05) is 49.9 Å². The molecule has 4 fully saturated rings. The number of hydrogen-bond donors (Lipinski definition) is 3. The van der Waals surface area contributed by atoms with Crippen molar-refractivity contribution in [3.05, 3.63) is 83.9 Å². The first kappa shape index (κ1) is 34.8. The Balaban J connectivity index is 0.736. The fraction of sp³-hybridized carbons (Fsp3) is 0.415. The fourth-order valence-corrected chi connectivity index (χ4v) is 9.11. The zero-order valence-electron chi connectivity index (χ0n) is 31.0. The van der Waals surface area contributed by atoms with E-state index in [2.05, 4.69) is 40.7 Å². The lowest BCUT2D eigenvalue weighted by Gasteiger charge is -2.55. The Morgan fingerprint density at radius 2 is 1.61 bits per heavy atom. The summed E-state index contributed by atoms with van der Waals surface area (Å²) in [5, 5.41) is 18.1. The highest BCUT2D eigenvalue weighted by Crippen LogP contribution is 2.37. The van der Waals surface area contributed by atoms with Crippen LogP contribution in [0.2, 0.25) is 0 Å². The van der Waals surface area contributed by atoms with Crippen molar-refractivity contribution in [2.24, 2.45) is 0 Å². The largest absolute Gasteiger partial charge is 0.462 e. The van der Waals surface area contributed by atoms with E-state index in [9.17, 15) is 19.5 Å². The molecule has 2 aromatic heterocycles. The third-order valence-corrected chi connectivity index (χ3v) is 12.4. The summed E-state index contributed by atoms with van der Waals surface area (Å²) in [7, 11) is 0. The first-order valence-corrected chi connectivity index (χ1v) is 19.6. The number of ether oxygens (including phenoxy) is 1. The molecule has 15 heteroatoms. The molecule has 0 radical (unpaired) electrons. The van der Waals surface area contributed by atoms with Gasteiger partial charge in [0.25, 0.3) is 11.8 Å². The van der Waals surface area contributed by atoms with Crippen LogP contribution in [0.5, 0.6) is 5.75 Å². The molecule has 5 aliphatic heterocycles. The molecule has 0 bridgehead atoms. The number of nitrogens with zero attached hydrogens (tertiary/aromatic N) is 8. The van der Waals surface area contributed by atoms with Gasteiger partial charge in [0, 0.05) is 69.0 Å². The van der Waals surface area contributed by atoms with Gasteiger partial charge in [0.1, 0.15) is 41.6 Å². The van der Waals surface area contributed by atoms with E-state index in [0.717, 1.165) is 109 Å². The number of fused-ring (bicyclic) bond motifs is 2. The van der Waals surface area contributed by atoms with E-state index in [1.54, 1.807) is 12.1 Å². The number of anilines is 2. The SMILES string of the molecule is Nc1ncnc2c1c(-c1ccc(OC3=CC=CCC3)cc1)nn2C1CCN(C2CN(C3CN(c4ccc5c(c4)C(=O)N([C@@H]4CCC(O)NC4=O)C5=O)C3)C2)CC1. The molecule has 2 aromatic carbocycles. The van der Waals surface area contributed by atoms with Crippen molar-refractivity contribution in [1.82, 2.24) is 39.8 Å². The number of carbonyl (C=O) groups excluding carboxylic acids is 3. The summed E-state index contributed by atoms with van der Waals surface area (Å²) in [6, 6.07) is 13.6. The number of aliphatic hydroxyl groups excluding tert-OH is 1. The molecular formula is C41H44N10O5. The van der Waals surface area contributed by atoms with E-state index in [1.165, 1.54) is 6.33 Å². The van der Waals surface area contributed by atoms with Crippen LogP contribution in [0.4, 0.5) is 11.5 Å². The number of nitrogens with one attached hydrogen (secondary N) is 1. The molecule has 3 amide bonds. The topological polar surface area (TPSA) is 175 Å². The van der Waals surface area contributed by atoms with E-state index < -0.39 is 30.0 Å². The number of benzene rings is 2. The van der Waals surface area contributed by atoms with Gasteiger partial charge in [-0.25, -0.2) is 14.6 Å². The van der Waals surface area contributed by atoms with Crippen molar-refractivity contribution in [1.29, 1.82) is 0 Å². The number of hydrogen-bond acceptors (Lipinski definition) is 12. The molecule has 4 saturated heterocycles. The lowest BCUT2D eigenvalue weighted by molar-refractivity contribution is -0.131. The van der Waals surface area contributed by atoms with Crippen molar-refractivity contribution >= 4 is 40.3 Å². The summed E-state index contributed by atoms with van der Waals surface area (Å²) >= 11 is 0. The smallest absolute Gasteiger partial charge is 0.262 e. The number of allylic oxidation sites excluding steroid dienone is 4. The van der Waals surface area contributed by atoms with Gasteiger partial charge in [-0.2, -0.15) is 5.10 Å². The molecule has 288 valence electrons. The number of aromatic nitrogens is 4. The molecule has 0 saturated carbocycles. The van der Waals surface area contributed by atoms with E-state index >= 15 is 0 Å². The highest BCUT2D eigenvalue weighted by atomic mass is 16.5. The molecule has 1 aliphatic carbocycles. The van der Waals surface area contributed by atoms with Gasteiger partial charge in [-0.3, -0.25) is 29.1 Å². The minimum absolute atomic E-state index is 0.205. The van der Waals surface area contributed by atoms with E-state index in [-0.39, 0.29) is 12.5 Å². The minimum Gasteiger partial charge on any atom is -0.462 e. The van der Waals surface area contributed by atoms with Crippen molar-refractivity contribution in [2.45, 2.75) is 68.9 Å². The molecule has 4 aromatic rings. The van der Waals surface area contributed by atoms with Crippen LogP contribution < -0.4 is 20.7 Å². The van der Waals surface area contributed by atoms with Gasteiger partial charge in [0.2, 0.25) is 5.91 Å². The summed E-state index contributed by atoms with van der Waals surface area (Å²) in [5.74, 6) is 0.770. The summed E-state index contributed by atoms with van der Waals surface area (Å²) in [4.78, 5) is 56.4. The number of aliphatic hydroxyl groups is 1. The van der Waals surface area contributed by atoms with Crippen molar-refractivity contribution in [3.63, 3.8) is 0 Å². The number of likely N-dealkylation sites (tertiary alicyclic amines) is 2. The first-order valence-electron chi connectivity index (χ1n) is 19.6. The Hall–Kier alpha value is -5.64. The second-order valence-corrected chi connectivity index (χ2v) is 15.7. The Morgan fingerprint density at radius 3 is 2.36 bits per heavy atom. The van der Waals surface area contributed by atoms with Gasteiger partial charge in [-0.05, 0) is 80.6 Å². The number of piperidine rings is 2. The predicted molar refractivity (Wildman–Crippen MR) is 208 cm³/mol. The number of imide groups is 1. The molecule has 1 unspecified atom stereocenters. The molecule has 7 heterocycles. The lowest BCUT2D eigenvalue weighted by atomic mass is 9.95. The van der Waals surface area contributed by atoms with Crippen LogP contribution >= 0.6 is 0 Å². The van der Waals surface area contributed by atoms with Crippen LogP contribution in [-0.4, -0.2) is 121 Å². The first-order chi connectivity index (χ1) is 27.3. The van der Waals surface area contributed by atoms with Crippen LogP contribution in [0.3, 0.4) is 0 Å². The third kappa shape index (κ3) is 6.01. The van der Waals surface area contributed by atoms with Crippen LogP contribution in [0.25, 0.3) is 22.3 Å². The second-order valence-electron chi connectivity index (χ2n) is 15.7.